The van der Waals surface area contributed by atoms with Crippen molar-refractivity contribution in [3.63, 3.8) is 0 Å². The Morgan fingerprint density at radius 2 is 0.578 bits per heavy atom. The SMILES string of the molecule is CCCCCCCCCCCCCCCCCCCCCCOC(=O)C(C(=O)OCCCCCCCCCCCCCCCCCCCCCC)=C(c1ccccn1)c1ccccn1. The van der Waals surface area contributed by atoms with Gasteiger partial charge in [0.1, 0.15) is 0 Å². The highest BCUT2D eigenvalue weighted by molar-refractivity contribution is 6.21. The monoisotopic (exact) mass is 887 g/mol. The summed E-state index contributed by atoms with van der Waals surface area (Å²) < 4.78 is 11.6. The van der Waals surface area contributed by atoms with Gasteiger partial charge in [-0.25, -0.2) is 9.59 Å². The molecule has 0 bridgehead atoms. The van der Waals surface area contributed by atoms with E-state index in [1.807, 2.05) is 24.3 Å². The Labute approximate surface area is 394 Å². The van der Waals surface area contributed by atoms with E-state index in [0.717, 1.165) is 38.5 Å². The molecule has 0 saturated carbocycles. The van der Waals surface area contributed by atoms with Crippen LogP contribution in [0.2, 0.25) is 0 Å². The van der Waals surface area contributed by atoms with Gasteiger partial charge in [0, 0.05) is 18.0 Å². The second-order valence-electron chi connectivity index (χ2n) is 18.9. The summed E-state index contributed by atoms with van der Waals surface area (Å²) in [6, 6.07) is 10.9. The number of ether oxygens (including phenoxy) is 2. The first-order chi connectivity index (χ1) is 31.7. The van der Waals surface area contributed by atoms with Gasteiger partial charge in [-0.2, -0.15) is 0 Å². The Morgan fingerprint density at radius 3 is 0.797 bits per heavy atom. The summed E-state index contributed by atoms with van der Waals surface area (Å²) in [6.45, 7) is 5.12. The third kappa shape index (κ3) is 31.8. The highest BCUT2D eigenvalue weighted by Crippen LogP contribution is 2.26. The fraction of sp³-hybridized carbons (Fsp3) is 0.759. The van der Waals surface area contributed by atoms with Crippen molar-refractivity contribution in [2.75, 3.05) is 13.2 Å². The third-order valence-corrected chi connectivity index (χ3v) is 13.0. The number of carbonyl (C=O) groups is 2. The predicted octanol–water partition coefficient (Wildman–Crippen LogP) is 18.0. The van der Waals surface area contributed by atoms with Crippen molar-refractivity contribution >= 4 is 17.5 Å². The van der Waals surface area contributed by atoms with Crippen molar-refractivity contribution in [1.82, 2.24) is 9.97 Å². The van der Waals surface area contributed by atoms with Gasteiger partial charge in [-0.05, 0) is 37.1 Å². The van der Waals surface area contributed by atoms with Gasteiger partial charge in [-0.1, -0.05) is 270 Å². The number of rotatable bonds is 46. The third-order valence-electron chi connectivity index (χ3n) is 13.0. The first-order valence-electron chi connectivity index (χ1n) is 27.6. The maximum atomic E-state index is 13.8. The first kappa shape index (κ1) is 57.1. The Bertz CT molecular complexity index is 1260. The van der Waals surface area contributed by atoms with Gasteiger partial charge in [-0.3, -0.25) is 9.97 Å². The number of pyridine rings is 2. The lowest BCUT2D eigenvalue weighted by atomic mass is 10.00. The van der Waals surface area contributed by atoms with Crippen LogP contribution in [0.15, 0.2) is 54.4 Å². The number of hydrogen-bond acceptors (Lipinski definition) is 6. The van der Waals surface area contributed by atoms with Gasteiger partial charge in [-0.15, -0.1) is 0 Å². The number of carbonyl (C=O) groups excluding carboxylic acids is 2. The van der Waals surface area contributed by atoms with E-state index in [0.29, 0.717) is 17.0 Å². The second kappa shape index (κ2) is 43.9. The van der Waals surface area contributed by atoms with Crippen LogP contribution in [-0.2, 0) is 19.1 Å². The van der Waals surface area contributed by atoms with E-state index in [4.69, 9.17) is 9.47 Å². The molecule has 0 atom stereocenters. The fourth-order valence-corrected chi connectivity index (χ4v) is 8.88. The topological polar surface area (TPSA) is 78.4 Å². The summed E-state index contributed by atoms with van der Waals surface area (Å²) in [5.41, 5.74) is 1.20. The predicted molar refractivity (Wildman–Crippen MR) is 272 cm³/mol. The zero-order valence-electron chi connectivity index (χ0n) is 41.8. The summed E-state index contributed by atoms with van der Waals surface area (Å²) in [4.78, 5) is 36.5. The molecule has 0 radical (unpaired) electrons. The zero-order valence-corrected chi connectivity index (χ0v) is 41.8. The maximum Gasteiger partial charge on any atom is 0.346 e. The molecule has 0 aliphatic rings. The summed E-state index contributed by atoms with van der Waals surface area (Å²) in [7, 11) is 0. The summed E-state index contributed by atoms with van der Waals surface area (Å²) in [5, 5.41) is 0. The average molecular weight is 887 g/mol. The molecule has 0 spiro atoms. The van der Waals surface area contributed by atoms with Crippen LogP contribution in [0.25, 0.3) is 5.57 Å². The molecule has 0 fully saturated rings. The van der Waals surface area contributed by atoms with E-state index in [1.54, 1.807) is 24.5 Å². The molecule has 2 aromatic rings. The Morgan fingerprint density at radius 1 is 0.344 bits per heavy atom. The Kier molecular flexibility index (Phi) is 39.1. The zero-order chi connectivity index (χ0) is 45.6. The van der Waals surface area contributed by atoms with Gasteiger partial charge in [0.2, 0.25) is 0 Å². The average Bonchev–Trinajstić information content (AvgIpc) is 3.32. The molecular formula is C58H98N2O4. The van der Waals surface area contributed by atoms with E-state index < -0.39 is 11.9 Å². The largest absolute Gasteiger partial charge is 0.462 e. The molecule has 0 saturated heterocycles. The summed E-state index contributed by atoms with van der Waals surface area (Å²) in [6.07, 6.45) is 56.0. The summed E-state index contributed by atoms with van der Waals surface area (Å²) >= 11 is 0. The Balaban J connectivity index is 1.62. The minimum Gasteiger partial charge on any atom is -0.462 e. The molecule has 0 unspecified atom stereocenters. The minimum absolute atomic E-state index is 0.126. The lowest BCUT2D eigenvalue weighted by Crippen LogP contribution is -2.22. The number of esters is 2. The van der Waals surface area contributed by atoms with Crippen LogP contribution < -0.4 is 0 Å². The molecule has 0 amide bonds. The fourth-order valence-electron chi connectivity index (χ4n) is 8.88. The Hall–Kier alpha value is -3.02. The van der Waals surface area contributed by atoms with Gasteiger partial charge in [0.05, 0.1) is 24.6 Å². The van der Waals surface area contributed by atoms with Crippen LogP contribution in [0, 0.1) is 0 Å². The van der Waals surface area contributed by atoms with E-state index in [9.17, 15) is 9.59 Å². The van der Waals surface area contributed by atoms with Crippen molar-refractivity contribution in [1.29, 1.82) is 0 Å². The molecule has 0 aliphatic heterocycles. The standard InChI is InChI=1S/C58H98N2O4/c1-3-5-7-9-11-13-15-17-19-21-23-25-27-29-31-33-35-37-39-45-51-63-57(61)56(55(53-47-41-43-49-59-53)54-48-42-44-50-60-54)58(62)64-52-46-40-38-36-34-32-30-28-26-24-22-20-18-16-14-12-10-8-6-4-2/h41-44,47-50H,3-40,45-46,51-52H2,1-2H3. The molecule has 64 heavy (non-hydrogen) atoms. The molecule has 6 nitrogen and oxygen atoms in total. The molecule has 6 heteroatoms. The molecule has 0 aromatic carbocycles. The molecule has 0 aliphatic carbocycles. The highest BCUT2D eigenvalue weighted by Gasteiger charge is 2.29. The van der Waals surface area contributed by atoms with E-state index in [-0.39, 0.29) is 18.8 Å². The van der Waals surface area contributed by atoms with E-state index in [2.05, 4.69) is 23.8 Å². The first-order valence-corrected chi connectivity index (χ1v) is 27.6. The normalized spacial score (nSPS) is 11.2. The van der Waals surface area contributed by atoms with E-state index in [1.165, 1.54) is 218 Å². The van der Waals surface area contributed by atoms with Gasteiger partial charge in [0.15, 0.2) is 5.57 Å². The van der Waals surface area contributed by atoms with Gasteiger partial charge < -0.3 is 9.47 Å². The van der Waals surface area contributed by atoms with Gasteiger partial charge in [0.25, 0.3) is 0 Å². The van der Waals surface area contributed by atoms with Crippen LogP contribution in [0.1, 0.15) is 282 Å². The minimum atomic E-state index is -0.669. The van der Waals surface area contributed by atoms with Gasteiger partial charge >= 0.3 is 11.9 Å². The number of nitrogens with zero attached hydrogens (tertiary/aromatic N) is 2. The van der Waals surface area contributed by atoms with E-state index >= 15 is 0 Å². The maximum absolute atomic E-state index is 13.8. The molecule has 0 N–H and O–H groups in total. The number of unbranched alkanes of at least 4 members (excludes halogenated alkanes) is 38. The molecule has 2 aromatic heterocycles. The molecule has 364 valence electrons. The lowest BCUT2D eigenvalue weighted by Gasteiger charge is -2.14. The van der Waals surface area contributed by atoms with Crippen LogP contribution in [0.4, 0.5) is 0 Å². The van der Waals surface area contributed by atoms with Crippen LogP contribution in [0.5, 0.6) is 0 Å². The van der Waals surface area contributed by atoms with Crippen molar-refractivity contribution in [3.05, 3.63) is 65.8 Å². The number of hydrogen-bond donors (Lipinski definition) is 0. The van der Waals surface area contributed by atoms with Crippen molar-refractivity contribution in [2.24, 2.45) is 0 Å². The van der Waals surface area contributed by atoms with Crippen LogP contribution >= 0.6 is 0 Å². The van der Waals surface area contributed by atoms with Crippen molar-refractivity contribution in [2.45, 2.75) is 271 Å². The molecule has 2 heterocycles. The highest BCUT2D eigenvalue weighted by atomic mass is 16.6. The number of aromatic nitrogens is 2. The van der Waals surface area contributed by atoms with Crippen LogP contribution in [0.3, 0.4) is 0 Å². The lowest BCUT2D eigenvalue weighted by molar-refractivity contribution is -0.147. The van der Waals surface area contributed by atoms with Crippen LogP contribution in [-0.4, -0.2) is 35.1 Å². The molecular weight excluding hydrogens is 789 g/mol. The second-order valence-corrected chi connectivity index (χ2v) is 18.9. The van der Waals surface area contributed by atoms with Crippen molar-refractivity contribution in [3.8, 4) is 0 Å². The molecule has 2 rings (SSSR count). The quantitative estimate of drug-likeness (QED) is 0.0217. The smallest absolute Gasteiger partial charge is 0.346 e. The summed E-state index contributed by atoms with van der Waals surface area (Å²) in [5.74, 6) is -1.34. The van der Waals surface area contributed by atoms with Crippen molar-refractivity contribution < 1.29 is 19.1 Å².